The van der Waals surface area contributed by atoms with Crippen LogP contribution in [0.4, 0.5) is 0 Å². The van der Waals surface area contributed by atoms with Gasteiger partial charge < -0.3 is 11.1 Å². The maximum atomic E-state index is 11.1. The summed E-state index contributed by atoms with van der Waals surface area (Å²) in [7, 11) is 0. The highest BCUT2D eigenvalue weighted by Crippen LogP contribution is 2.26. The standard InChI is InChI=1S/C14H20ClN3O/c1-10(19)17-13-5-6-18(9-13)14(8-16)11-3-2-4-12(15)7-11/h2-4,7,13-14H,5-6,8-9,16H2,1H3,(H,17,19). The SMILES string of the molecule is CC(=O)NC1CCN(C(CN)c2cccc(Cl)c2)C1. The van der Waals surface area contributed by atoms with E-state index in [4.69, 9.17) is 17.3 Å². The molecule has 0 saturated carbocycles. The van der Waals surface area contributed by atoms with Crippen molar-refractivity contribution >= 4 is 17.5 Å². The number of amides is 1. The highest BCUT2D eigenvalue weighted by atomic mass is 35.5. The molecular weight excluding hydrogens is 262 g/mol. The maximum absolute atomic E-state index is 11.1. The number of hydrogen-bond acceptors (Lipinski definition) is 3. The van der Waals surface area contributed by atoms with E-state index in [2.05, 4.69) is 16.3 Å². The predicted octanol–water partition coefficient (Wildman–Crippen LogP) is 1.55. The zero-order chi connectivity index (χ0) is 13.8. The highest BCUT2D eigenvalue weighted by Gasteiger charge is 2.28. The van der Waals surface area contributed by atoms with Crippen LogP contribution in [0, 0.1) is 0 Å². The number of halogens is 1. The molecule has 0 aromatic heterocycles. The van der Waals surface area contributed by atoms with E-state index in [0.717, 1.165) is 30.1 Å². The van der Waals surface area contributed by atoms with Crippen molar-refractivity contribution in [3.63, 3.8) is 0 Å². The number of carbonyl (C=O) groups is 1. The first-order chi connectivity index (χ1) is 9.10. The number of nitrogens with one attached hydrogen (secondary N) is 1. The van der Waals surface area contributed by atoms with Gasteiger partial charge in [0, 0.05) is 43.7 Å². The van der Waals surface area contributed by atoms with E-state index in [1.165, 1.54) is 0 Å². The second-order valence-electron chi connectivity index (χ2n) is 4.99. The van der Waals surface area contributed by atoms with Gasteiger partial charge in [-0.3, -0.25) is 9.69 Å². The Morgan fingerprint density at radius 3 is 3.05 bits per heavy atom. The molecule has 1 aliphatic rings. The molecule has 1 saturated heterocycles. The lowest BCUT2D eigenvalue weighted by molar-refractivity contribution is -0.119. The molecule has 19 heavy (non-hydrogen) atoms. The van der Waals surface area contributed by atoms with Crippen LogP contribution in [0.5, 0.6) is 0 Å². The van der Waals surface area contributed by atoms with Gasteiger partial charge in [0.25, 0.3) is 0 Å². The summed E-state index contributed by atoms with van der Waals surface area (Å²) in [6.07, 6.45) is 0.969. The summed E-state index contributed by atoms with van der Waals surface area (Å²) in [5.74, 6) is 0.0268. The molecule has 3 N–H and O–H groups in total. The van der Waals surface area contributed by atoms with Gasteiger partial charge >= 0.3 is 0 Å². The summed E-state index contributed by atoms with van der Waals surface area (Å²) in [5.41, 5.74) is 7.05. The van der Waals surface area contributed by atoms with E-state index in [1.807, 2.05) is 18.2 Å². The molecule has 2 unspecified atom stereocenters. The largest absolute Gasteiger partial charge is 0.352 e. The average molecular weight is 282 g/mol. The molecule has 0 spiro atoms. The van der Waals surface area contributed by atoms with Gasteiger partial charge in [0.05, 0.1) is 0 Å². The van der Waals surface area contributed by atoms with Crippen LogP contribution in [0.3, 0.4) is 0 Å². The quantitative estimate of drug-likeness (QED) is 0.880. The highest BCUT2D eigenvalue weighted by molar-refractivity contribution is 6.30. The fraction of sp³-hybridized carbons (Fsp3) is 0.500. The molecule has 1 aliphatic heterocycles. The molecule has 2 rings (SSSR count). The van der Waals surface area contributed by atoms with Crippen LogP contribution in [-0.2, 0) is 4.79 Å². The Bertz CT molecular complexity index is 452. The number of carbonyl (C=O) groups excluding carboxylic acids is 1. The lowest BCUT2D eigenvalue weighted by atomic mass is 10.1. The second-order valence-corrected chi connectivity index (χ2v) is 5.42. The smallest absolute Gasteiger partial charge is 0.217 e. The van der Waals surface area contributed by atoms with Crippen molar-refractivity contribution in [3.8, 4) is 0 Å². The predicted molar refractivity (Wildman–Crippen MR) is 77.0 cm³/mol. The Balaban J connectivity index is 2.05. The number of benzene rings is 1. The Morgan fingerprint density at radius 2 is 2.42 bits per heavy atom. The third-order valence-corrected chi connectivity index (χ3v) is 3.76. The van der Waals surface area contributed by atoms with Gasteiger partial charge in [-0.05, 0) is 24.1 Å². The molecule has 1 fully saturated rings. The molecule has 1 heterocycles. The zero-order valence-electron chi connectivity index (χ0n) is 11.1. The van der Waals surface area contributed by atoms with Crippen LogP contribution in [0.25, 0.3) is 0 Å². The first-order valence-electron chi connectivity index (χ1n) is 6.57. The van der Waals surface area contributed by atoms with Crippen molar-refractivity contribution in [3.05, 3.63) is 34.9 Å². The first kappa shape index (κ1) is 14.3. The molecule has 1 aromatic carbocycles. The number of nitrogens with zero attached hydrogens (tertiary/aromatic N) is 1. The van der Waals surface area contributed by atoms with Crippen LogP contribution in [-0.4, -0.2) is 36.5 Å². The van der Waals surface area contributed by atoms with E-state index in [-0.39, 0.29) is 18.0 Å². The summed E-state index contributed by atoms with van der Waals surface area (Å²) in [5, 5.41) is 3.70. The summed E-state index contributed by atoms with van der Waals surface area (Å²) >= 11 is 6.03. The van der Waals surface area contributed by atoms with Crippen molar-refractivity contribution in [1.29, 1.82) is 0 Å². The number of hydrogen-bond donors (Lipinski definition) is 2. The third-order valence-electron chi connectivity index (χ3n) is 3.52. The minimum atomic E-state index is 0.0268. The van der Waals surface area contributed by atoms with Gasteiger partial charge in [-0.15, -0.1) is 0 Å². The molecule has 4 nitrogen and oxygen atoms in total. The molecule has 0 radical (unpaired) electrons. The summed E-state index contributed by atoms with van der Waals surface area (Å²) in [6.45, 7) is 3.89. The van der Waals surface area contributed by atoms with E-state index in [9.17, 15) is 4.79 Å². The number of likely N-dealkylation sites (tertiary alicyclic amines) is 1. The second kappa shape index (κ2) is 6.37. The van der Waals surface area contributed by atoms with Crippen molar-refractivity contribution < 1.29 is 4.79 Å². The Morgan fingerprint density at radius 1 is 1.63 bits per heavy atom. The molecule has 1 amide bonds. The van der Waals surface area contributed by atoms with Crippen LogP contribution in [0.1, 0.15) is 24.9 Å². The van der Waals surface area contributed by atoms with Gasteiger partial charge in [-0.2, -0.15) is 0 Å². The molecule has 1 aromatic rings. The fourth-order valence-electron chi connectivity index (χ4n) is 2.69. The van der Waals surface area contributed by atoms with Crippen LogP contribution in [0.2, 0.25) is 5.02 Å². The topological polar surface area (TPSA) is 58.4 Å². The summed E-state index contributed by atoms with van der Waals surface area (Å²) < 4.78 is 0. The molecule has 0 aliphatic carbocycles. The summed E-state index contributed by atoms with van der Waals surface area (Å²) in [6, 6.07) is 8.22. The van der Waals surface area contributed by atoms with Crippen molar-refractivity contribution in [2.24, 2.45) is 5.73 Å². The monoisotopic (exact) mass is 281 g/mol. The van der Waals surface area contributed by atoms with Gasteiger partial charge in [0.1, 0.15) is 0 Å². The summed E-state index contributed by atoms with van der Waals surface area (Å²) in [4.78, 5) is 13.4. The maximum Gasteiger partial charge on any atom is 0.217 e. The minimum absolute atomic E-state index is 0.0268. The Kier molecular flexibility index (Phi) is 4.80. The fourth-order valence-corrected chi connectivity index (χ4v) is 2.88. The normalized spacial score (nSPS) is 21.3. The van der Waals surface area contributed by atoms with Crippen LogP contribution in [0.15, 0.2) is 24.3 Å². The first-order valence-corrected chi connectivity index (χ1v) is 6.94. The molecule has 2 atom stereocenters. The molecule has 104 valence electrons. The molecular formula is C14H20ClN3O. The Labute approximate surface area is 118 Å². The van der Waals surface area contributed by atoms with Gasteiger partial charge in [-0.1, -0.05) is 23.7 Å². The van der Waals surface area contributed by atoms with E-state index < -0.39 is 0 Å². The lowest BCUT2D eigenvalue weighted by Crippen LogP contribution is -2.38. The molecule has 5 heteroatoms. The lowest BCUT2D eigenvalue weighted by Gasteiger charge is -2.27. The van der Waals surface area contributed by atoms with Gasteiger partial charge in [-0.25, -0.2) is 0 Å². The number of nitrogens with two attached hydrogens (primary N) is 1. The van der Waals surface area contributed by atoms with E-state index in [1.54, 1.807) is 6.92 Å². The Hall–Kier alpha value is -1.10. The van der Waals surface area contributed by atoms with Crippen LogP contribution < -0.4 is 11.1 Å². The van der Waals surface area contributed by atoms with E-state index >= 15 is 0 Å². The average Bonchev–Trinajstić information content (AvgIpc) is 2.77. The minimum Gasteiger partial charge on any atom is -0.352 e. The van der Waals surface area contributed by atoms with Crippen molar-refractivity contribution in [2.75, 3.05) is 19.6 Å². The number of rotatable bonds is 4. The van der Waals surface area contributed by atoms with Crippen molar-refractivity contribution in [2.45, 2.75) is 25.4 Å². The van der Waals surface area contributed by atoms with E-state index in [0.29, 0.717) is 6.54 Å². The van der Waals surface area contributed by atoms with Gasteiger partial charge in [0.2, 0.25) is 5.91 Å². The zero-order valence-corrected chi connectivity index (χ0v) is 11.9. The van der Waals surface area contributed by atoms with Crippen molar-refractivity contribution in [1.82, 2.24) is 10.2 Å². The van der Waals surface area contributed by atoms with Crippen LogP contribution >= 0.6 is 11.6 Å². The third kappa shape index (κ3) is 3.69. The molecule has 0 bridgehead atoms. The van der Waals surface area contributed by atoms with Gasteiger partial charge in [0.15, 0.2) is 0 Å².